The van der Waals surface area contributed by atoms with E-state index in [1.165, 1.54) is 0 Å². The van der Waals surface area contributed by atoms with Gasteiger partial charge in [-0.05, 0) is 43.7 Å². The lowest BCUT2D eigenvalue weighted by atomic mass is 10.1. The van der Waals surface area contributed by atoms with E-state index in [2.05, 4.69) is 22.4 Å². The smallest absolute Gasteiger partial charge is 0.247 e. The first-order chi connectivity index (χ1) is 11.1. The van der Waals surface area contributed by atoms with Crippen LogP contribution in [0.15, 0.2) is 59.0 Å². The third-order valence-corrected chi connectivity index (χ3v) is 3.92. The van der Waals surface area contributed by atoms with Crippen LogP contribution >= 0.6 is 11.6 Å². The van der Waals surface area contributed by atoms with Crippen molar-refractivity contribution in [1.82, 2.24) is 15.5 Å². The minimum absolute atomic E-state index is 0.0612. The summed E-state index contributed by atoms with van der Waals surface area (Å²) in [6, 6.07) is 17.6. The molecule has 1 heterocycles. The zero-order chi connectivity index (χ0) is 16.2. The van der Waals surface area contributed by atoms with Gasteiger partial charge in [0.2, 0.25) is 11.8 Å². The van der Waals surface area contributed by atoms with Gasteiger partial charge in [-0.3, -0.25) is 5.32 Å². The fourth-order valence-electron chi connectivity index (χ4n) is 2.43. The Hall–Kier alpha value is -2.17. The minimum Gasteiger partial charge on any atom is -0.419 e. The molecule has 3 rings (SSSR count). The van der Waals surface area contributed by atoms with E-state index in [0.717, 1.165) is 16.1 Å². The van der Waals surface area contributed by atoms with Crippen molar-refractivity contribution < 1.29 is 4.42 Å². The second-order valence-corrected chi connectivity index (χ2v) is 5.91. The summed E-state index contributed by atoms with van der Waals surface area (Å²) in [4.78, 5) is 0. The Kier molecular flexibility index (Phi) is 4.74. The summed E-state index contributed by atoms with van der Waals surface area (Å²) >= 11 is 6.04. The van der Waals surface area contributed by atoms with Gasteiger partial charge in [-0.2, -0.15) is 0 Å². The third kappa shape index (κ3) is 3.78. The molecule has 2 aromatic carbocycles. The number of rotatable bonds is 5. The Morgan fingerprint density at radius 2 is 1.74 bits per heavy atom. The summed E-state index contributed by atoms with van der Waals surface area (Å²) in [6.45, 7) is 4.08. The number of hydrogen-bond acceptors (Lipinski definition) is 4. The summed E-state index contributed by atoms with van der Waals surface area (Å²) < 4.78 is 5.78. The highest BCUT2D eigenvalue weighted by Crippen LogP contribution is 2.23. The van der Waals surface area contributed by atoms with Gasteiger partial charge in [0.05, 0.1) is 6.04 Å². The molecule has 2 atom stereocenters. The van der Waals surface area contributed by atoms with E-state index in [1.807, 2.05) is 61.5 Å². The summed E-state index contributed by atoms with van der Waals surface area (Å²) in [5, 5.41) is 12.5. The molecular weight excluding hydrogens is 310 g/mol. The Bertz CT molecular complexity index is 773. The van der Waals surface area contributed by atoms with Crippen LogP contribution in [0, 0.1) is 0 Å². The van der Waals surface area contributed by atoms with Crippen LogP contribution in [0.2, 0.25) is 5.02 Å². The van der Waals surface area contributed by atoms with Crippen LogP contribution in [-0.4, -0.2) is 10.2 Å². The van der Waals surface area contributed by atoms with Crippen LogP contribution in [0.5, 0.6) is 0 Å². The molecule has 0 aliphatic heterocycles. The van der Waals surface area contributed by atoms with Gasteiger partial charge in [-0.25, -0.2) is 0 Å². The quantitative estimate of drug-likeness (QED) is 0.731. The normalized spacial score (nSPS) is 13.7. The van der Waals surface area contributed by atoms with Gasteiger partial charge in [-0.1, -0.05) is 41.9 Å². The highest BCUT2D eigenvalue weighted by atomic mass is 35.5. The van der Waals surface area contributed by atoms with Gasteiger partial charge in [0.1, 0.15) is 0 Å². The van der Waals surface area contributed by atoms with E-state index in [1.54, 1.807) is 0 Å². The predicted molar refractivity (Wildman–Crippen MR) is 91.2 cm³/mol. The summed E-state index contributed by atoms with van der Waals surface area (Å²) in [6.07, 6.45) is 0. The van der Waals surface area contributed by atoms with Crippen molar-refractivity contribution in [2.45, 2.75) is 25.9 Å². The van der Waals surface area contributed by atoms with Gasteiger partial charge in [0, 0.05) is 16.6 Å². The maximum atomic E-state index is 6.04. The van der Waals surface area contributed by atoms with Gasteiger partial charge in [0.15, 0.2) is 0 Å². The number of halogens is 1. The van der Waals surface area contributed by atoms with Crippen LogP contribution in [-0.2, 0) is 0 Å². The second kappa shape index (κ2) is 6.94. The van der Waals surface area contributed by atoms with Gasteiger partial charge in [-0.15, -0.1) is 10.2 Å². The van der Waals surface area contributed by atoms with Crippen molar-refractivity contribution in [2.75, 3.05) is 0 Å². The molecule has 0 spiro atoms. The molecule has 4 nitrogen and oxygen atoms in total. The summed E-state index contributed by atoms with van der Waals surface area (Å²) in [5.74, 6) is 1.10. The van der Waals surface area contributed by atoms with E-state index in [0.29, 0.717) is 11.8 Å². The zero-order valence-corrected chi connectivity index (χ0v) is 13.8. The maximum absolute atomic E-state index is 6.04. The fourth-order valence-corrected chi connectivity index (χ4v) is 2.62. The van der Waals surface area contributed by atoms with E-state index in [4.69, 9.17) is 16.0 Å². The summed E-state index contributed by atoms with van der Waals surface area (Å²) in [5.41, 5.74) is 2.04. The standard InChI is InChI=1S/C18H18ClN3O/c1-12(15-9-6-10-16(19)11-15)20-13(2)17-21-22-18(23-17)14-7-4-3-5-8-14/h3-13,20H,1-2H3/t12-,13+/m1/s1. The van der Waals surface area contributed by atoms with E-state index >= 15 is 0 Å². The first-order valence-corrected chi connectivity index (χ1v) is 7.91. The van der Waals surface area contributed by atoms with E-state index < -0.39 is 0 Å². The number of hydrogen-bond donors (Lipinski definition) is 1. The second-order valence-electron chi connectivity index (χ2n) is 5.48. The lowest BCUT2D eigenvalue weighted by molar-refractivity contribution is 0.395. The van der Waals surface area contributed by atoms with Gasteiger partial charge in [0.25, 0.3) is 0 Å². The van der Waals surface area contributed by atoms with Crippen LogP contribution in [0.25, 0.3) is 11.5 Å². The molecule has 3 aromatic rings. The molecule has 0 bridgehead atoms. The van der Waals surface area contributed by atoms with E-state index in [9.17, 15) is 0 Å². The van der Waals surface area contributed by atoms with Crippen LogP contribution < -0.4 is 5.32 Å². The lowest BCUT2D eigenvalue weighted by Gasteiger charge is -2.18. The van der Waals surface area contributed by atoms with Crippen LogP contribution in [0.4, 0.5) is 0 Å². The number of nitrogens with zero attached hydrogens (tertiary/aromatic N) is 2. The molecule has 23 heavy (non-hydrogen) atoms. The molecular formula is C18H18ClN3O. The molecule has 118 valence electrons. The Labute approximate surface area is 140 Å². The first-order valence-electron chi connectivity index (χ1n) is 7.54. The lowest BCUT2D eigenvalue weighted by Crippen LogP contribution is -2.22. The zero-order valence-electron chi connectivity index (χ0n) is 13.0. The molecule has 0 unspecified atom stereocenters. The monoisotopic (exact) mass is 327 g/mol. The summed E-state index contributed by atoms with van der Waals surface area (Å²) in [7, 11) is 0. The fraction of sp³-hybridized carbons (Fsp3) is 0.222. The third-order valence-electron chi connectivity index (χ3n) is 3.68. The van der Waals surface area contributed by atoms with Crippen molar-refractivity contribution >= 4 is 11.6 Å². The molecule has 0 saturated heterocycles. The number of aromatic nitrogens is 2. The first kappa shape index (κ1) is 15.7. The molecule has 1 N–H and O–H groups in total. The Morgan fingerprint density at radius 3 is 2.48 bits per heavy atom. The van der Waals surface area contributed by atoms with Crippen molar-refractivity contribution in [2.24, 2.45) is 0 Å². The van der Waals surface area contributed by atoms with Crippen LogP contribution in [0.1, 0.15) is 37.4 Å². The molecule has 0 radical (unpaired) electrons. The highest BCUT2D eigenvalue weighted by molar-refractivity contribution is 6.30. The largest absolute Gasteiger partial charge is 0.419 e. The molecule has 0 aliphatic rings. The SMILES string of the molecule is C[C@H](N[C@H](C)c1cccc(Cl)c1)c1nnc(-c2ccccc2)o1. The predicted octanol–water partition coefficient (Wildman–Crippen LogP) is 4.80. The molecule has 0 saturated carbocycles. The topological polar surface area (TPSA) is 51.0 Å². The minimum atomic E-state index is -0.0612. The van der Waals surface area contributed by atoms with E-state index in [-0.39, 0.29) is 12.1 Å². The number of nitrogens with one attached hydrogen (secondary N) is 1. The highest BCUT2D eigenvalue weighted by Gasteiger charge is 2.17. The van der Waals surface area contributed by atoms with Crippen LogP contribution in [0.3, 0.4) is 0 Å². The molecule has 0 aliphatic carbocycles. The van der Waals surface area contributed by atoms with Gasteiger partial charge < -0.3 is 4.42 Å². The molecule has 0 amide bonds. The maximum Gasteiger partial charge on any atom is 0.247 e. The Balaban J connectivity index is 1.71. The van der Waals surface area contributed by atoms with Crippen molar-refractivity contribution in [1.29, 1.82) is 0 Å². The molecule has 0 fully saturated rings. The van der Waals surface area contributed by atoms with Crippen molar-refractivity contribution in [3.05, 3.63) is 71.1 Å². The van der Waals surface area contributed by atoms with Crippen molar-refractivity contribution in [3.8, 4) is 11.5 Å². The van der Waals surface area contributed by atoms with Gasteiger partial charge >= 0.3 is 0 Å². The average molecular weight is 328 g/mol. The molecule has 1 aromatic heterocycles. The number of benzene rings is 2. The molecule has 5 heteroatoms. The van der Waals surface area contributed by atoms with Crippen molar-refractivity contribution in [3.63, 3.8) is 0 Å². The Morgan fingerprint density at radius 1 is 0.957 bits per heavy atom. The average Bonchev–Trinajstić information content (AvgIpc) is 3.06.